The lowest BCUT2D eigenvalue weighted by atomic mass is 9.55. The van der Waals surface area contributed by atoms with Crippen LogP contribution < -0.4 is 4.74 Å². The predicted octanol–water partition coefficient (Wildman–Crippen LogP) is 4.34. The summed E-state index contributed by atoms with van der Waals surface area (Å²) in [5, 5.41) is 0. The molecule has 0 aliphatic heterocycles. The highest BCUT2D eigenvalue weighted by molar-refractivity contribution is 5.41. The van der Waals surface area contributed by atoms with Gasteiger partial charge in [-0.2, -0.15) is 0 Å². The van der Waals surface area contributed by atoms with E-state index in [1.807, 2.05) is 7.11 Å². The summed E-state index contributed by atoms with van der Waals surface area (Å²) in [6.07, 6.45) is 10.1. The first-order chi connectivity index (χ1) is 10.7. The second-order valence-electron chi connectivity index (χ2n) is 7.49. The smallest absolute Gasteiger partial charge is 0.119 e. The Bertz CT molecular complexity index is 606. The van der Waals surface area contributed by atoms with Crippen molar-refractivity contribution in [3.8, 4) is 5.75 Å². The van der Waals surface area contributed by atoms with E-state index in [1.165, 1.54) is 31.2 Å². The van der Waals surface area contributed by atoms with Gasteiger partial charge in [-0.1, -0.05) is 25.1 Å². The van der Waals surface area contributed by atoms with E-state index in [0.717, 1.165) is 11.7 Å². The second-order valence-corrected chi connectivity index (χ2v) is 7.49. The van der Waals surface area contributed by atoms with Gasteiger partial charge in [0.25, 0.3) is 0 Å². The Morgan fingerprint density at radius 3 is 2.77 bits per heavy atom. The lowest BCUT2D eigenvalue weighted by Crippen LogP contribution is -2.45. The van der Waals surface area contributed by atoms with Gasteiger partial charge < -0.3 is 9.47 Å². The van der Waals surface area contributed by atoms with Crippen LogP contribution in [0.25, 0.3) is 0 Å². The molecule has 2 heteroatoms. The van der Waals surface area contributed by atoms with Gasteiger partial charge >= 0.3 is 0 Å². The molecule has 0 bridgehead atoms. The number of rotatable bonds is 2. The van der Waals surface area contributed by atoms with Crippen LogP contribution in [0.2, 0.25) is 0 Å². The van der Waals surface area contributed by atoms with Gasteiger partial charge in [0.05, 0.1) is 13.2 Å². The first-order valence-corrected chi connectivity index (χ1v) is 8.55. The third-order valence-electron chi connectivity index (χ3n) is 6.63. The SMILES string of the molecule is COc1ccc2c(c1)CCC1C2CC[C@@]2(C)C1C=C[C@@H]2OC. The molecule has 3 unspecified atom stereocenters. The van der Waals surface area contributed by atoms with E-state index in [4.69, 9.17) is 9.47 Å². The van der Waals surface area contributed by atoms with E-state index in [-0.39, 0.29) is 0 Å². The number of hydrogen-bond donors (Lipinski definition) is 0. The summed E-state index contributed by atoms with van der Waals surface area (Å²) in [5.74, 6) is 3.16. The van der Waals surface area contributed by atoms with E-state index in [2.05, 4.69) is 37.3 Å². The highest BCUT2D eigenvalue weighted by Crippen LogP contribution is 2.59. The zero-order chi connectivity index (χ0) is 15.3. The van der Waals surface area contributed by atoms with E-state index in [1.54, 1.807) is 12.7 Å². The van der Waals surface area contributed by atoms with Gasteiger partial charge in [-0.3, -0.25) is 0 Å². The number of methoxy groups -OCH3 is 2. The predicted molar refractivity (Wildman–Crippen MR) is 88.3 cm³/mol. The van der Waals surface area contributed by atoms with E-state index in [9.17, 15) is 0 Å². The largest absolute Gasteiger partial charge is 0.497 e. The van der Waals surface area contributed by atoms with Gasteiger partial charge in [-0.15, -0.1) is 0 Å². The van der Waals surface area contributed by atoms with Crippen molar-refractivity contribution in [1.82, 2.24) is 0 Å². The molecule has 22 heavy (non-hydrogen) atoms. The molecule has 2 nitrogen and oxygen atoms in total. The molecular formula is C20H26O2. The number of allylic oxidation sites excluding steroid dienone is 1. The normalized spacial score (nSPS) is 39.0. The molecule has 3 aliphatic carbocycles. The molecule has 1 saturated carbocycles. The van der Waals surface area contributed by atoms with E-state index >= 15 is 0 Å². The third kappa shape index (κ3) is 1.89. The van der Waals surface area contributed by atoms with Crippen molar-refractivity contribution in [2.75, 3.05) is 14.2 Å². The van der Waals surface area contributed by atoms with E-state index < -0.39 is 0 Å². The maximum Gasteiger partial charge on any atom is 0.119 e. The standard InChI is InChI=1S/C20H26O2/c1-20-11-10-16-15-7-5-14(21-2)12-13(15)4-6-17(16)18(20)8-9-19(20)22-3/h5,7-9,12,16-19H,4,6,10-11H2,1-3H3/t16?,17?,18?,19-,20-/m0/s1. The third-order valence-corrected chi connectivity index (χ3v) is 6.63. The quantitative estimate of drug-likeness (QED) is 0.756. The summed E-state index contributed by atoms with van der Waals surface area (Å²) < 4.78 is 11.2. The molecule has 1 fully saturated rings. The van der Waals surface area contributed by atoms with Crippen LogP contribution in [0.15, 0.2) is 30.4 Å². The van der Waals surface area contributed by atoms with Crippen molar-refractivity contribution >= 4 is 0 Å². The fourth-order valence-electron chi connectivity index (χ4n) is 5.45. The molecule has 118 valence electrons. The molecule has 1 aromatic rings. The summed E-state index contributed by atoms with van der Waals surface area (Å²) in [4.78, 5) is 0. The summed E-state index contributed by atoms with van der Waals surface area (Å²) in [6, 6.07) is 6.71. The molecule has 0 spiro atoms. The molecular weight excluding hydrogens is 272 g/mol. The van der Waals surface area contributed by atoms with Crippen molar-refractivity contribution in [3.05, 3.63) is 41.5 Å². The molecule has 0 radical (unpaired) electrons. The van der Waals surface area contributed by atoms with Crippen molar-refractivity contribution in [2.24, 2.45) is 17.3 Å². The van der Waals surface area contributed by atoms with Crippen LogP contribution in [0.5, 0.6) is 5.75 Å². The molecule has 0 saturated heterocycles. The van der Waals surface area contributed by atoms with Crippen LogP contribution in [-0.4, -0.2) is 20.3 Å². The van der Waals surface area contributed by atoms with Gasteiger partial charge in [-0.25, -0.2) is 0 Å². The Hall–Kier alpha value is -1.28. The lowest BCUT2D eigenvalue weighted by molar-refractivity contribution is -0.0320. The van der Waals surface area contributed by atoms with Crippen molar-refractivity contribution in [1.29, 1.82) is 0 Å². The van der Waals surface area contributed by atoms with Crippen LogP contribution in [-0.2, 0) is 11.2 Å². The molecule has 0 heterocycles. The Morgan fingerprint density at radius 2 is 2.00 bits per heavy atom. The second kappa shape index (κ2) is 5.13. The van der Waals surface area contributed by atoms with Gasteiger partial charge in [0.1, 0.15) is 5.75 Å². The Labute approximate surface area is 133 Å². The number of aryl methyl sites for hydroxylation is 1. The molecule has 3 aliphatic rings. The lowest BCUT2D eigenvalue weighted by Gasteiger charge is -2.50. The van der Waals surface area contributed by atoms with Crippen LogP contribution in [0.4, 0.5) is 0 Å². The fraction of sp³-hybridized carbons (Fsp3) is 0.600. The maximum atomic E-state index is 5.76. The minimum Gasteiger partial charge on any atom is -0.497 e. The average Bonchev–Trinajstić information content (AvgIpc) is 2.90. The number of ether oxygens (including phenoxy) is 2. The molecule has 0 amide bonds. The van der Waals surface area contributed by atoms with Crippen LogP contribution in [0, 0.1) is 17.3 Å². The van der Waals surface area contributed by atoms with Crippen molar-refractivity contribution < 1.29 is 9.47 Å². The number of fused-ring (bicyclic) bond motifs is 5. The van der Waals surface area contributed by atoms with E-state index in [0.29, 0.717) is 23.4 Å². The average molecular weight is 298 g/mol. The minimum absolute atomic E-state index is 0.302. The summed E-state index contributed by atoms with van der Waals surface area (Å²) in [7, 11) is 3.62. The monoisotopic (exact) mass is 298 g/mol. The van der Waals surface area contributed by atoms with Crippen LogP contribution in [0.3, 0.4) is 0 Å². The van der Waals surface area contributed by atoms with Gasteiger partial charge in [-0.05, 0) is 66.7 Å². The first kappa shape index (κ1) is 14.3. The zero-order valence-electron chi connectivity index (χ0n) is 13.8. The summed E-state index contributed by atoms with van der Waals surface area (Å²) in [5.41, 5.74) is 3.39. The number of hydrogen-bond acceptors (Lipinski definition) is 2. The minimum atomic E-state index is 0.302. The molecule has 0 aromatic heterocycles. The highest BCUT2D eigenvalue weighted by atomic mass is 16.5. The first-order valence-electron chi connectivity index (χ1n) is 8.55. The van der Waals surface area contributed by atoms with Gasteiger partial charge in [0.2, 0.25) is 0 Å². The highest BCUT2D eigenvalue weighted by Gasteiger charge is 2.52. The molecule has 0 N–H and O–H groups in total. The molecule has 4 rings (SSSR count). The summed E-state index contributed by atoms with van der Waals surface area (Å²) >= 11 is 0. The molecule has 5 atom stereocenters. The molecule has 1 aromatic carbocycles. The van der Waals surface area contributed by atoms with Gasteiger partial charge in [0, 0.05) is 12.5 Å². The Kier molecular flexibility index (Phi) is 3.34. The zero-order valence-corrected chi connectivity index (χ0v) is 13.8. The summed E-state index contributed by atoms with van der Waals surface area (Å²) in [6.45, 7) is 2.44. The van der Waals surface area contributed by atoms with Crippen molar-refractivity contribution in [2.45, 2.75) is 44.6 Å². The Morgan fingerprint density at radius 1 is 1.14 bits per heavy atom. The van der Waals surface area contributed by atoms with Crippen LogP contribution >= 0.6 is 0 Å². The number of benzene rings is 1. The fourth-order valence-corrected chi connectivity index (χ4v) is 5.45. The topological polar surface area (TPSA) is 18.5 Å². The van der Waals surface area contributed by atoms with Gasteiger partial charge in [0.15, 0.2) is 0 Å². The maximum absolute atomic E-state index is 5.76. The van der Waals surface area contributed by atoms with Crippen molar-refractivity contribution in [3.63, 3.8) is 0 Å². The van der Waals surface area contributed by atoms with Crippen LogP contribution in [0.1, 0.15) is 43.2 Å². The Balaban J connectivity index is 1.68.